The summed E-state index contributed by atoms with van der Waals surface area (Å²) in [6, 6.07) is 4.04. The van der Waals surface area contributed by atoms with E-state index in [1.807, 2.05) is 31.1 Å². The molecule has 0 saturated heterocycles. The van der Waals surface area contributed by atoms with Crippen molar-refractivity contribution in [2.75, 3.05) is 52.8 Å². The Morgan fingerprint density at radius 1 is 1.14 bits per heavy atom. The van der Waals surface area contributed by atoms with Crippen LogP contribution in [0.5, 0.6) is 11.5 Å². The number of fused-ring (bicyclic) bond motifs is 1. The van der Waals surface area contributed by atoms with E-state index < -0.39 is 0 Å². The van der Waals surface area contributed by atoms with E-state index in [0.717, 1.165) is 30.8 Å². The molecule has 1 aliphatic rings. The molecule has 150 valence electrons. The maximum Gasteiger partial charge on any atom is 0.254 e. The van der Waals surface area contributed by atoms with Gasteiger partial charge in [0, 0.05) is 38.6 Å². The van der Waals surface area contributed by atoms with Crippen LogP contribution in [0.15, 0.2) is 24.5 Å². The summed E-state index contributed by atoms with van der Waals surface area (Å²) in [6.07, 6.45) is 4.03. The number of likely N-dealkylation sites (N-methyl/N-ethyl adjacent to an activating group) is 1. The molecule has 8 heteroatoms. The van der Waals surface area contributed by atoms with Crippen LogP contribution in [0.3, 0.4) is 0 Å². The van der Waals surface area contributed by atoms with Gasteiger partial charge in [-0.1, -0.05) is 0 Å². The third-order valence-electron chi connectivity index (χ3n) is 4.75. The third kappa shape index (κ3) is 4.51. The Labute approximate surface area is 165 Å². The Morgan fingerprint density at radius 3 is 2.39 bits per heavy atom. The highest BCUT2D eigenvalue weighted by Crippen LogP contribution is 2.33. The number of benzene rings is 1. The van der Waals surface area contributed by atoms with Gasteiger partial charge in [-0.3, -0.25) is 4.79 Å². The van der Waals surface area contributed by atoms with E-state index in [2.05, 4.69) is 20.2 Å². The first-order chi connectivity index (χ1) is 13.5. The van der Waals surface area contributed by atoms with Crippen LogP contribution < -0.4 is 19.7 Å². The molecule has 0 spiro atoms. The maximum absolute atomic E-state index is 12.2. The second kappa shape index (κ2) is 8.88. The summed E-state index contributed by atoms with van der Waals surface area (Å²) < 4.78 is 10.8. The van der Waals surface area contributed by atoms with Gasteiger partial charge in [0.05, 0.1) is 19.8 Å². The Kier molecular flexibility index (Phi) is 6.30. The number of amides is 1. The van der Waals surface area contributed by atoms with Gasteiger partial charge in [0.25, 0.3) is 5.91 Å². The van der Waals surface area contributed by atoms with Crippen LogP contribution in [-0.2, 0) is 13.0 Å². The molecule has 0 unspecified atom stereocenters. The van der Waals surface area contributed by atoms with Crippen LogP contribution in [0.2, 0.25) is 0 Å². The van der Waals surface area contributed by atoms with Crippen molar-refractivity contribution in [3.8, 4) is 11.5 Å². The first kappa shape index (κ1) is 19.9. The summed E-state index contributed by atoms with van der Waals surface area (Å²) in [7, 11) is 7.21. The normalized spacial score (nSPS) is 13.2. The Hall–Kier alpha value is -2.87. The minimum absolute atomic E-state index is 0.158. The number of nitrogens with one attached hydrogen (secondary N) is 1. The molecule has 1 amide bonds. The van der Waals surface area contributed by atoms with Crippen LogP contribution in [0.1, 0.15) is 21.5 Å². The predicted molar refractivity (Wildman–Crippen MR) is 107 cm³/mol. The van der Waals surface area contributed by atoms with E-state index in [1.54, 1.807) is 26.6 Å². The van der Waals surface area contributed by atoms with E-state index in [0.29, 0.717) is 30.4 Å². The summed E-state index contributed by atoms with van der Waals surface area (Å²) in [5.74, 6) is 1.92. The minimum atomic E-state index is -0.158. The van der Waals surface area contributed by atoms with Crippen molar-refractivity contribution in [2.45, 2.75) is 13.0 Å². The smallest absolute Gasteiger partial charge is 0.254 e. The molecule has 8 nitrogen and oxygen atoms in total. The maximum atomic E-state index is 12.2. The lowest BCUT2D eigenvalue weighted by Crippen LogP contribution is -2.33. The Bertz CT molecular complexity index is 823. The third-order valence-corrected chi connectivity index (χ3v) is 4.75. The highest BCUT2D eigenvalue weighted by Gasteiger charge is 2.21. The van der Waals surface area contributed by atoms with Crippen molar-refractivity contribution in [1.82, 2.24) is 20.2 Å². The standard InChI is InChI=1S/C20H27N5O3/c1-24(2)8-6-21-19(26)16-11-22-20(23-12-16)25-7-5-14-9-17(27-3)18(28-4)10-15(14)13-25/h9-12H,5-8,13H2,1-4H3,(H,21,26). The van der Waals surface area contributed by atoms with Crippen LogP contribution in [0.25, 0.3) is 0 Å². The van der Waals surface area contributed by atoms with Gasteiger partial charge < -0.3 is 24.6 Å². The highest BCUT2D eigenvalue weighted by atomic mass is 16.5. The number of rotatable bonds is 7. The van der Waals surface area contributed by atoms with Crippen molar-refractivity contribution >= 4 is 11.9 Å². The molecular weight excluding hydrogens is 358 g/mol. The zero-order chi connectivity index (χ0) is 20.1. The van der Waals surface area contributed by atoms with Crippen molar-refractivity contribution in [2.24, 2.45) is 0 Å². The molecular formula is C20H27N5O3. The summed E-state index contributed by atoms with van der Waals surface area (Å²) in [5, 5.41) is 2.87. The summed E-state index contributed by atoms with van der Waals surface area (Å²) >= 11 is 0. The molecule has 0 saturated carbocycles. The lowest BCUT2D eigenvalue weighted by molar-refractivity contribution is 0.0950. The monoisotopic (exact) mass is 385 g/mol. The lowest BCUT2D eigenvalue weighted by atomic mass is 9.99. The van der Waals surface area contributed by atoms with Gasteiger partial charge in [0.15, 0.2) is 11.5 Å². The quantitative estimate of drug-likeness (QED) is 0.771. The number of nitrogens with zero attached hydrogens (tertiary/aromatic N) is 4. The summed E-state index contributed by atoms with van der Waals surface area (Å²) in [5.41, 5.74) is 2.87. The molecule has 1 aromatic carbocycles. The van der Waals surface area contributed by atoms with Gasteiger partial charge >= 0.3 is 0 Å². The van der Waals surface area contributed by atoms with Crippen LogP contribution in [0.4, 0.5) is 5.95 Å². The fourth-order valence-corrected chi connectivity index (χ4v) is 3.15. The minimum Gasteiger partial charge on any atom is -0.493 e. The highest BCUT2D eigenvalue weighted by molar-refractivity contribution is 5.93. The molecule has 3 rings (SSSR count). The zero-order valence-corrected chi connectivity index (χ0v) is 16.9. The van der Waals surface area contributed by atoms with Crippen molar-refractivity contribution in [1.29, 1.82) is 0 Å². The Morgan fingerprint density at radius 2 is 1.79 bits per heavy atom. The number of carbonyl (C=O) groups excluding carboxylic acids is 1. The molecule has 0 fully saturated rings. The molecule has 0 radical (unpaired) electrons. The fraction of sp³-hybridized carbons (Fsp3) is 0.450. The number of carbonyl (C=O) groups is 1. The van der Waals surface area contributed by atoms with Crippen LogP contribution >= 0.6 is 0 Å². The SMILES string of the molecule is COc1cc2c(cc1OC)CN(c1ncc(C(=O)NCCN(C)C)cn1)CC2. The first-order valence-corrected chi connectivity index (χ1v) is 9.25. The molecule has 1 aliphatic heterocycles. The molecule has 0 aliphatic carbocycles. The predicted octanol–water partition coefficient (Wildman–Crippen LogP) is 1.35. The average Bonchev–Trinajstić information content (AvgIpc) is 2.72. The van der Waals surface area contributed by atoms with Gasteiger partial charge in [0.1, 0.15) is 0 Å². The van der Waals surface area contributed by atoms with Gasteiger partial charge in [-0.2, -0.15) is 0 Å². The van der Waals surface area contributed by atoms with Crippen molar-refractivity contribution < 1.29 is 14.3 Å². The zero-order valence-electron chi connectivity index (χ0n) is 16.9. The van der Waals surface area contributed by atoms with E-state index in [9.17, 15) is 4.79 Å². The van der Waals surface area contributed by atoms with Gasteiger partial charge in [-0.25, -0.2) is 9.97 Å². The molecule has 1 aromatic heterocycles. The van der Waals surface area contributed by atoms with Crippen molar-refractivity contribution in [3.05, 3.63) is 41.2 Å². The number of hydrogen-bond acceptors (Lipinski definition) is 7. The van der Waals surface area contributed by atoms with E-state index in [-0.39, 0.29) is 5.91 Å². The average molecular weight is 385 g/mol. The van der Waals surface area contributed by atoms with Crippen LogP contribution in [-0.4, -0.2) is 68.7 Å². The summed E-state index contributed by atoms with van der Waals surface area (Å²) in [4.78, 5) is 25.1. The number of methoxy groups -OCH3 is 2. The number of ether oxygens (including phenoxy) is 2. The molecule has 2 heterocycles. The Balaban J connectivity index is 1.68. The molecule has 2 aromatic rings. The number of hydrogen-bond donors (Lipinski definition) is 1. The number of anilines is 1. The molecule has 0 bridgehead atoms. The van der Waals surface area contributed by atoms with Crippen LogP contribution in [0, 0.1) is 0 Å². The van der Waals surface area contributed by atoms with E-state index >= 15 is 0 Å². The van der Waals surface area contributed by atoms with E-state index in [4.69, 9.17) is 9.47 Å². The fourth-order valence-electron chi connectivity index (χ4n) is 3.15. The van der Waals surface area contributed by atoms with E-state index in [1.165, 1.54) is 5.56 Å². The summed E-state index contributed by atoms with van der Waals surface area (Å²) in [6.45, 7) is 2.86. The van der Waals surface area contributed by atoms with Gasteiger partial charge in [-0.15, -0.1) is 0 Å². The topological polar surface area (TPSA) is 79.8 Å². The lowest BCUT2D eigenvalue weighted by Gasteiger charge is -2.29. The second-order valence-electron chi connectivity index (χ2n) is 6.98. The second-order valence-corrected chi connectivity index (χ2v) is 6.98. The number of aromatic nitrogens is 2. The molecule has 1 N–H and O–H groups in total. The van der Waals surface area contributed by atoms with Gasteiger partial charge in [-0.05, 0) is 43.8 Å². The van der Waals surface area contributed by atoms with Gasteiger partial charge in [0.2, 0.25) is 5.95 Å². The molecule has 0 atom stereocenters. The first-order valence-electron chi connectivity index (χ1n) is 9.25. The largest absolute Gasteiger partial charge is 0.493 e. The van der Waals surface area contributed by atoms with Crippen molar-refractivity contribution in [3.63, 3.8) is 0 Å². The molecule has 28 heavy (non-hydrogen) atoms.